The molecule has 0 saturated carbocycles. The second-order valence-electron chi connectivity index (χ2n) is 3.72. The number of rotatable bonds is 4. The van der Waals surface area contributed by atoms with Crippen molar-refractivity contribution in [1.29, 1.82) is 0 Å². The van der Waals surface area contributed by atoms with E-state index >= 15 is 0 Å². The maximum absolute atomic E-state index is 13.0. The minimum Gasteiger partial charge on any atom is -0.497 e. The number of halogens is 2. The van der Waals surface area contributed by atoms with Gasteiger partial charge in [-0.1, -0.05) is 12.1 Å². The Bertz CT molecular complexity index is 543. The third-order valence-electron chi connectivity index (χ3n) is 2.43. The minimum absolute atomic E-state index is 0.302. The Morgan fingerprint density at radius 2 is 1.94 bits per heavy atom. The average molecular weight is 311 g/mol. The van der Waals surface area contributed by atoms with Crippen LogP contribution in [-0.4, -0.2) is 7.11 Å². The second kappa shape index (κ2) is 5.87. The quantitative estimate of drug-likeness (QED) is 0.843. The molecule has 0 N–H and O–H groups in total. The molecule has 0 spiro atoms. The van der Waals surface area contributed by atoms with Crippen molar-refractivity contribution in [3.63, 3.8) is 0 Å². The maximum Gasteiger partial charge on any atom is 0.137 e. The fraction of sp³-hybridized carbons (Fsp3) is 0.143. The van der Waals surface area contributed by atoms with E-state index in [1.165, 1.54) is 6.07 Å². The largest absolute Gasteiger partial charge is 0.497 e. The Balaban J connectivity index is 2.04. The third-order valence-corrected chi connectivity index (χ3v) is 3.04. The summed E-state index contributed by atoms with van der Waals surface area (Å²) in [5.74, 6) is 1.10. The fourth-order valence-electron chi connectivity index (χ4n) is 1.50. The van der Waals surface area contributed by atoms with Crippen LogP contribution in [0.3, 0.4) is 0 Å². The van der Waals surface area contributed by atoms with Gasteiger partial charge in [-0.15, -0.1) is 0 Å². The van der Waals surface area contributed by atoms with E-state index in [0.717, 1.165) is 11.3 Å². The van der Waals surface area contributed by atoms with Gasteiger partial charge in [-0.2, -0.15) is 0 Å². The van der Waals surface area contributed by atoms with Crippen LogP contribution in [0.5, 0.6) is 11.5 Å². The first-order chi connectivity index (χ1) is 8.69. The molecule has 18 heavy (non-hydrogen) atoms. The van der Waals surface area contributed by atoms with E-state index in [-0.39, 0.29) is 5.82 Å². The first-order valence-corrected chi connectivity index (χ1v) is 6.19. The van der Waals surface area contributed by atoms with Crippen molar-refractivity contribution in [1.82, 2.24) is 0 Å². The zero-order valence-corrected chi connectivity index (χ0v) is 11.4. The predicted molar refractivity (Wildman–Crippen MR) is 71.4 cm³/mol. The van der Waals surface area contributed by atoms with Gasteiger partial charge in [-0.3, -0.25) is 0 Å². The van der Waals surface area contributed by atoms with Crippen molar-refractivity contribution in [2.45, 2.75) is 6.61 Å². The van der Waals surface area contributed by atoms with Crippen LogP contribution in [0.4, 0.5) is 4.39 Å². The molecule has 0 bridgehead atoms. The number of methoxy groups -OCH3 is 1. The summed E-state index contributed by atoms with van der Waals surface area (Å²) in [7, 11) is 1.62. The Morgan fingerprint density at radius 3 is 2.67 bits per heavy atom. The number of hydrogen-bond acceptors (Lipinski definition) is 2. The Labute approximate surface area is 113 Å². The molecular weight excluding hydrogens is 299 g/mol. The Kier molecular flexibility index (Phi) is 4.20. The smallest absolute Gasteiger partial charge is 0.137 e. The molecule has 0 aliphatic heterocycles. The summed E-state index contributed by atoms with van der Waals surface area (Å²) >= 11 is 3.12. The summed E-state index contributed by atoms with van der Waals surface area (Å²) in [4.78, 5) is 0. The molecule has 0 fully saturated rings. The van der Waals surface area contributed by atoms with E-state index < -0.39 is 0 Å². The summed E-state index contributed by atoms with van der Waals surface area (Å²) in [6, 6.07) is 12.2. The van der Waals surface area contributed by atoms with E-state index in [4.69, 9.17) is 9.47 Å². The lowest BCUT2D eigenvalue weighted by atomic mass is 10.2. The van der Waals surface area contributed by atoms with Gasteiger partial charge in [0.2, 0.25) is 0 Å². The average Bonchev–Trinajstić information content (AvgIpc) is 2.40. The third kappa shape index (κ3) is 3.23. The van der Waals surface area contributed by atoms with E-state index in [1.54, 1.807) is 19.2 Å². The van der Waals surface area contributed by atoms with Gasteiger partial charge >= 0.3 is 0 Å². The van der Waals surface area contributed by atoms with Crippen molar-refractivity contribution < 1.29 is 13.9 Å². The van der Waals surface area contributed by atoms with E-state index in [1.807, 2.05) is 24.3 Å². The van der Waals surface area contributed by atoms with Crippen LogP contribution in [0, 0.1) is 5.82 Å². The van der Waals surface area contributed by atoms with Crippen LogP contribution in [0.15, 0.2) is 46.9 Å². The SMILES string of the molecule is COc1cccc(COc2ccc(F)c(Br)c2)c1. The van der Waals surface area contributed by atoms with Crippen molar-refractivity contribution in [3.8, 4) is 11.5 Å². The highest BCUT2D eigenvalue weighted by Gasteiger charge is 2.02. The lowest BCUT2D eigenvalue weighted by molar-refractivity contribution is 0.304. The lowest BCUT2D eigenvalue weighted by Crippen LogP contribution is -1.96. The molecule has 0 radical (unpaired) electrons. The Morgan fingerprint density at radius 1 is 1.11 bits per heavy atom. The van der Waals surface area contributed by atoms with Crippen LogP contribution in [-0.2, 0) is 6.61 Å². The monoisotopic (exact) mass is 310 g/mol. The molecule has 0 unspecified atom stereocenters. The standard InChI is InChI=1S/C14H12BrFO2/c1-17-11-4-2-3-10(7-11)9-18-12-5-6-14(16)13(15)8-12/h2-8H,9H2,1H3. The van der Waals surface area contributed by atoms with Gasteiger partial charge in [0.1, 0.15) is 23.9 Å². The van der Waals surface area contributed by atoms with Crippen molar-refractivity contribution in [2.75, 3.05) is 7.11 Å². The summed E-state index contributed by atoms with van der Waals surface area (Å²) < 4.78 is 24.1. The molecule has 0 heterocycles. The van der Waals surface area contributed by atoms with Crippen molar-refractivity contribution >= 4 is 15.9 Å². The van der Waals surface area contributed by atoms with Gasteiger partial charge in [0.25, 0.3) is 0 Å². The highest BCUT2D eigenvalue weighted by Crippen LogP contribution is 2.23. The predicted octanol–water partition coefficient (Wildman–Crippen LogP) is 4.18. The molecule has 0 aliphatic rings. The molecule has 2 aromatic rings. The lowest BCUT2D eigenvalue weighted by Gasteiger charge is -2.08. The summed E-state index contributed by atoms with van der Waals surface area (Å²) in [5.41, 5.74) is 0.995. The first kappa shape index (κ1) is 12.9. The zero-order valence-electron chi connectivity index (χ0n) is 9.82. The summed E-state index contributed by atoms with van der Waals surface area (Å²) in [5, 5.41) is 0. The van der Waals surface area contributed by atoms with Crippen LogP contribution in [0.2, 0.25) is 0 Å². The topological polar surface area (TPSA) is 18.5 Å². The zero-order chi connectivity index (χ0) is 13.0. The number of hydrogen-bond donors (Lipinski definition) is 0. The molecular formula is C14H12BrFO2. The summed E-state index contributed by atoms with van der Waals surface area (Å²) in [6.45, 7) is 0.412. The molecule has 0 aromatic heterocycles. The molecule has 0 aliphatic carbocycles. The Hall–Kier alpha value is -1.55. The number of ether oxygens (including phenoxy) is 2. The van der Waals surface area contributed by atoms with E-state index in [0.29, 0.717) is 16.8 Å². The molecule has 2 aromatic carbocycles. The highest BCUT2D eigenvalue weighted by molar-refractivity contribution is 9.10. The first-order valence-electron chi connectivity index (χ1n) is 5.40. The van der Waals surface area contributed by atoms with Crippen molar-refractivity contribution in [2.24, 2.45) is 0 Å². The molecule has 0 saturated heterocycles. The van der Waals surface area contributed by atoms with Gasteiger partial charge in [-0.05, 0) is 51.8 Å². The van der Waals surface area contributed by atoms with Gasteiger partial charge in [-0.25, -0.2) is 4.39 Å². The van der Waals surface area contributed by atoms with Crippen LogP contribution < -0.4 is 9.47 Å². The van der Waals surface area contributed by atoms with Crippen LogP contribution >= 0.6 is 15.9 Å². The fourth-order valence-corrected chi connectivity index (χ4v) is 1.85. The van der Waals surface area contributed by atoms with Crippen molar-refractivity contribution in [3.05, 3.63) is 58.3 Å². The van der Waals surface area contributed by atoms with Gasteiger partial charge in [0.15, 0.2) is 0 Å². The number of benzene rings is 2. The normalized spacial score (nSPS) is 10.2. The second-order valence-corrected chi connectivity index (χ2v) is 4.57. The highest BCUT2D eigenvalue weighted by atomic mass is 79.9. The maximum atomic E-state index is 13.0. The van der Waals surface area contributed by atoms with Crippen LogP contribution in [0.1, 0.15) is 5.56 Å². The van der Waals surface area contributed by atoms with Gasteiger partial charge in [0.05, 0.1) is 11.6 Å². The summed E-state index contributed by atoms with van der Waals surface area (Å²) in [6.07, 6.45) is 0. The molecule has 4 heteroatoms. The molecule has 0 atom stereocenters. The molecule has 94 valence electrons. The molecule has 0 amide bonds. The molecule has 2 nitrogen and oxygen atoms in total. The van der Waals surface area contributed by atoms with Crippen LogP contribution in [0.25, 0.3) is 0 Å². The molecule has 2 rings (SSSR count). The van der Waals surface area contributed by atoms with Gasteiger partial charge in [0, 0.05) is 0 Å². The van der Waals surface area contributed by atoms with Gasteiger partial charge < -0.3 is 9.47 Å². The van der Waals surface area contributed by atoms with E-state index in [2.05, 4.69) is 15.9 Å². The van der Waals surface area contributed by atoms with E-state index in [9.17, 15) is 4.39 Å². The minimum atomic E-state index is -0.302.